The minimum absolute atomic E-state index is 0.216. The van der Waals surface area contributed by atoms with Gasteiger partial charge in [-0.15, -0.1) is 13.2 Å². The Kier molecular flexibility index (Phi) is 3.83. The van der Waals surface area contributed by atoms with Gasteiger partial charge in [0.15, 0.2) is 0 Å². The molecule has 0 saturated carbocycles. The predicted octanol–water partition coefficient (Wildman–Crippen LogP) is 4.62. The highest BCUT2D eigenvalue weighted by Gasteiger charge is 2.32. The normalized spacial score (nSPS) is 17.9. The van der Waals surface area contributed by atoms with Gasteiger partial charge < -0.3 is 9.84 Å². The van der Waals surface area contributed by atoms with Crippen LogP contribution in [-0.2, 0) is 6.42 Å². The first kappa shape index (κ1) is 14.9. The summed E-state index contributed by atoms with van der Waals surface area (Å²) in [6, 6.07) is 11.4. The lowest BCUT2D eigenvalue weighted by atomic mass is 9.87. The van der Waals surface area contributed by atoms with E-state index in [1.165, 1.54) is 12.1 Å². The molecule has 3 rings (SSSR count). The lowest BCUT2D eigenvalue weighted by molar-refractivity contribution is -0.274. The largest absolute Gasteiger partial charge is 0.573 e. The van der Waals surface area contributed by atoms with E-state index in [0.717, 1.165) is 30.4 Å². The maximum atomic E-state index is 12.5. The van der Waals surface area contributed by atoms with Crippen molar-refractivity contribution in [2.24, 2.45) is 0 Å². The minimum Gasteiger partial charge on any atom is -0.405 e. The van der Waals surface area contributed by atoms with Crippen molar-refractivity contribution in [3.63, 3.8) is 0 Å². The van der Waals surface area contributed by atoms with Crippen molar-refractivity contribution in [2.75, 3.05) is 0 Å². The predicted molar refractivity (Wildman–Crippen MR) is 76.5 cm³/mol. The molecular formula is C17H15F3O2. The molecule has 2 aromatic rings. The standard InChI is InChI=1S/C17H15F3O2/c18-17(19,20)22-16-7-2-1-5-14(16)12-8-9-13-11(10-12)4-3-6-15(13)21/h1-2,5,7-10,15,21H,3-4,6H2. The van der Waals surface area contributed by atoms with Crippen molar-refractivity contribution in [1.82, 2.24) is 0 Å². The van der Waals surface area contributed by atoms with Gasteiger partial charge in [0, 0.05) is 5.56 Å². The number of hydrogen-bond donors (Lipinski definition) is 1. The molecule has 0 aromatic heterocycles. The van der Waals surface area contributed by atoms with Crippen LogP contribution in [0, 0.1) is 0 Å². The zero-order chi connectivity index (χ0) is 15.7. The number of aliphatic hydroxyl groups is 1. The zero-order valence-corrected chi connectivity index (χ0v) is 11.7. The second kappa shape index (κ2) is 5.65. The van der Waals surface area contributed by atoms with Gasteiger partial charge in [0.05, 0.1) is 6.10 Å². The Balaban J connectivity index is 2.01. The SMILES string of the molecule is OC1CCCc2cc(-c3ccccc3OC(F)(F)F)ccc21. The quantitative estimate of drug-likeness (QED) is 0.877. The molecule has 1 aliphatic carbocycles. The Bertz CT molecular complexity index is 680. The molecule has 2 nitrogen and oxygen atoms in total. The van der Waals surface area contributed by atoms with E-state index in [2.05, 4.69) is 4.74 Å². The Labute approximate surface area is 126 Å². The molecule has 5 heteroatoms. The van der Waals surface area contributed by atoms with E-state index in [9.17, 15) is 18.3 Å². The van der Waals surface area contributed by atoms with E-state index in [-0.39, 0.29) is 5.75 Å². The average molecular weight is 308 g/mol. The summed E-state index contributed by atoms with van der Waals surface area (Å²) < 4.78 is 41.6. The molecule has 1 N–H and O–H groups in total. The molecule has 0 fully saturated rings. The smallest absolute Gasteiger partial charge is 0.405 e. The van der Waals surface area contributed by atoms with Crippen molar-refractivity contribution in [2.45, 2.75) is 31.7 Å². The second-order valence-electron chi connectivity index (χ2n) is 5.37. The number of benzene rings is 2. The second-order valence-corrected chi connectivity index (χ2v) is 5.37. The van der Waals surface area contributed by atoms with E-state index < -0.39 is 12.5 Å². The van der Waals surface area contributed by atoms with Gasteiger partial charge in [-0.3, -0.25) is 0 Å². The first-order valence-corrected chi connectivity index (χ1v) is 7.10. The molecule has 116 valence electrons. The fourth-order valence-electron chi connectivity index (χ4n) is 2.88. The van der Waals surface area contributed by atoms with Gasteiger partial charge in [-0.25, -0.2) is 0 Å². The maximum absolute atomic E-state index is 12.5. The summed E-state index contributed by atoms with van der Waals surface area (Å²) in [6.45, 7) is 0. The molecule has 1 atom stereocenters. The van der Waals surface area contributed by atoms with Gasteiger partial charge in [-0.1, -0.05) is 36.4 Å². The van der Waals surface area contributed by atoms with Crippen LogP contribution in [0.15, 0.2) is 42.5 Å². The number of halogens is 3. The van der Waals surface area contributed by atoms with E-state index in [4.69, 9.17) is 0 Å². The van der Waals surface area contributed by atoms with Crippen LogP contribution in [0.4, 0.5) is 13.2 Å². The molecule has 1 unspecified atom stereocenters. The summed E-state index contributed by atoms with van der Waals surface area (Å²) in [7, 11) is 0. The number of alkyl halides is 3. The van der Waals surface area contributed by atoms with Gasteiger partial charge in [0.2, 0.25) is 0 Å². The Hall–Kier alpha value is -2.01. The van der Waals surface area contributed by atoms with Gasteiger partial charge in [0.1, 0.15) is 5.75 Å². The minimum atomic E-state index is -4.72. The van der Waals surface area contributed by atoms with Crippen molar-refractivity contribution < 1.29 is 23.0 Å². The molecule has 0 amide bonds. The maximum Gasteiger partial charge on any atom is 0.573 e. The van der Waals surface area contributed by atoms with Crippen molar-refractivity contribution in [3.8, 4) is 16.9 Å². The van der Waals surface area contributed by atoms with Crippen LogP contribution in [0.25, 0.3) is 11.1 Å². The Morgan fingerprint density at radius 3 is 2.64 bits per heavy atom. The number of rotatable bonds is 2. The van der Waals surface area contributed by atoms with Gasteiger partial charge in [-0.05, 0) is 42.0 Å². The van der Waals surface area contributed by atoms with Crippen LogP contribution in [0.1, 0.15) is 30.1 Å². The van der Waals surface area contributed by atoms with Crippen LogP contribution in [-0.4, -0.2) is 11.5 Å². The average Bonchev–Trinajstić information content (AvgIpc) is 2.46. The molecule has 0 saturated heterocycles. The number of aliphatic hydroxyl groups excluding tert-OH is 1. The fourth-order valence-corrected chi connectivity index (χ4v) is 2.88. The summed E-state index contributed by atoms with van der Waals surface area (Å²) >= 11 is 0. The number of ether oxygens (including phenoxy) is 1. The van der Waals surface area contributed by atoms with E-state index >= 15 is 0 Å². The third kappa shape index (κ3) is 3.09. The van der Waals surface area contributed by atoms with E-state index in [0.29, 0.717) is 11.1 Å². The van der Waals surface area contributed by atoms with E-state index in [1.807, 2.05) is 6.07 Å². The molecule has 0 bridgehead atoms. The van der Waals surface area contributed by atoms with Gasteiger partial charge >= 0.3 is 6.36 Å². The van der Waals surface area contributed by atoms with Crippen LogP contribution in [0.5, 0.6) is 5.75 Å². The summed E-state index contributed by atoms with van der Waals surface area (Å²) in [5.74, 6) is -0.216. The summed E-state index contributed by atoms with van der Waals surface area (Å²) in [4.78, 5) is 0. The Morgan fingerprint density at radius 1 is 1.09 bits per heavy atom. The van der Waals surface area contributed by atoms with Gasteiger partial charge in [0.25, 0.3) is 0 Å². The summed E-state index contributed by atoms with van der Waals surface area (Å²) in [5, 5.41) is 9.96. The molecule has 0 radical (unpaired) electrons. The summed E-state index contributed by atoms with van der Waals surface area (Å²) in [5.41, 5.74) is 2.90. The lowest BCUT2D eigenvalue weighted by Gasteiger charge is -2.22. The third-order valence-electron chi connectivity index (χ3n) is 3.85. The number of aryl methyl sites for hydroxylation is 1. The number of hydrogen-bond acceptors (Lipinski definition) is 2. The molecular weight excluding hydrogens is 293 g/mol. The molecule has 2 aromatic carbocycles. The first-order chi connectivity index (χ1) is 10.4. The molecule has 0 heterocycles. The number of para-hydroxylation sites is 1. The van der Waals surface area contributed by atoms with Crippen LogP contribution in [0.2, 0.25) is 0 Å². The van der Waals surface area contributed by atoms with E-state index in [1.54, 1.807) is 24.3 Å². The molecule has 22 heavy (non-hydrogen) atoms. The topological polar surface area (TPSA) is 29.5 Å². The van der Waals surface area contributed by atoms with Crippen molar-refractivity contribution in [1.29, 1.82) is 0 Å². The molecule has 0 spiro atoms. The lowest BCUT2D eigenvalue weighted by Crippen LogP contribution is -2.17. The Morgan fingerprint density at radius 2 is 1.86 bits per heavy atom. The highest BCUT2D eigenvalue weighted by Crippen LogP contribution is 2.37. The monoisotopic (exact) mass is 308 g/mol. The summed E-state index contributed by atoms with van der Waals surface area (Å²) in [6.07, 6.45) is -2.79. The highest BCUT2D eigenvalue weighted by atomic mass is 19.4. The van der Waals surface area contributed by atoms with Crippen LogP contribution in [0.3, 0.4) is 0 Å². The van der Waals surface area contributed by atoms with Crippen LogP contribution < -0.4 is 4.74 Å². The zero-order valence-electron chi connectivity index (χ0n) is 11.7. The van der Waals surface area contributed by atoms with Gasteiger partial charge in [-0.2, -0.15) is 0 Å². The van der Waals surface area contributed by atoms with Crippen molar-refractivity contribution in [3.05, 3.63) is 53.6 Å². The highest BCUT2D eigenvalue weighted by molar-refractivity contribution is 5.71. The number of fused-ring (bicyclic) bond motifs is 1. The fraction of sp³-hybridized carbons (Fsp3) is 0.294. The first-order valence-electron chi connectivity index (χ1n) is 7.10. The third-order valence-corrected chi connectivity index (χ3v) is 3.85. The molecule has 0 aliphatic heterocycles. The molecule has 1 aliphatic rings. The van der Waals surface area contributed by atoms with Crippen molar-refractivity contribution >= 4 is 0 Å². The van der Waals surface area contributed by atoms with Crippen LogP contribution >= 0.6 is 0 Å².